The van der Waals surface area contributed by atoms with Gasteiger partial charge >= 0.3 is 12.1 Å². The van der Waals surface area contributed by atoms with E-state index in [1.165, 1.54) is 0 Å². The highest BCUT2D eigenvalue weighted by Crippen LogP contribution is 2.44. The zero-order chi connectivity index (χ0) is 23.4. The molecule has 2 aliphatic carbocycles. The Morgan fingerprint density at radius 1 is 1.03 bits per heavy atom. The molecule has 174 valence electrons. The van der Waals surface area contributed by atoms with Gasteiger partial charge in [-0.25, -0.2) is 9.59 Å². The molecule has 0 spiro atoms. The van der Waals surface area contributed by atoms with E-state index in [-0.39, 0.29) is 25.0 Å². The van der Waals surface area contributed by atoms with Crippen LogP contribution >= 0.6 is 0 Å². The van der Waals surface area contributed by atoms with Crippen molar-refractivity contribution in [2.24, 2.45) is 11.8 Å². The number of alkyl carbamates (subject to hydrolysis) is 1. The Balaban J connectivity index is 1.34. The number of ether oxygens (including phenoxy) is 1. The summed E-state index contributed by atoms with van der Waals surface area (Å²) in [5.41, 5.74) is 4.59. The molecule has 33 heavy (non-hydrogen) atoms. The summed E-state index contributed by atoms with van der Waals surface area (Å²) in [6, 6.07) is 15.3. The molecule has 1 saturated carbocycles. The van der Waals surface area contributed by atoms with E-state index in [9.17, 15) is 19.5 Å². The Labute approximate surface area is 193 Å². The highest BCUT2D eigenvalue weighted by Gasteiger charge is 2.32. The molecule has 2 aromatic carbocycles. The maximum atomic E-state index is 12.7. The summed E-state index contributed by atoms with van der Waals surface area (Å²) in [7, 11) is 0. The third-order valence-corrected chi connectivity index (χ3v) is 6.54. The summed E-state index contributed by atoms with van der Waals surface area (Å²) in [6.07, 6.45) is 2.48. The molecule has 2 atom stereocenters. The molecule has 1 unspecified atom stereocenters. The molecular formula is C26H30N2O5. The van der Waals surface area contributed by atoms with E-state index in [1.807, 2.05) is 24.3 Å². The van der Waals surface area contributed by atoms with Crippen LogP contribution in [-0.2, 0) is 14.3 Å². The Morgan fingerprint density at radius 2 is 1.64 bits per heavy atom. The van der Waals surface area contributed by atoms with Crippen LogP contribution in [0.3, 0.4) is 0 Å². The van der Waals surface area contributed by atoms with Gasteiger partial charge in [-0.15, -0.1) is 0 Å². The number of rotatable bonds is 10. The van der Waals surface area contributed by atoms with Gasteiger partial charge in [0.15, 0.2) is 0 Å². The van der Waals surface area contributed by atoms with Gasteiger partial charge < -0.3 is 20.5 Å². The minimum Gasteiger partial charge on any atom is -0.480 e. The molecule has 3 N–H and O–H groups in total. The predicted octanol–water partition coefficient (Wildman–Crippen LogP) is 3.92. The van der Waals surface area contributed by atoms with Crippen molar-refractivity contribution in [1.29, 1.82) is 0 Å². The van der Waals surface area contributed by atoms with Crippen LogP contribution in [0.5, 0.6) is 0 Å². The van der Waals surface area contributed by atoms with Gasteiger partial charge in [0.05, 0.1) is 5.92 Å². The van der Waals surface area contributed by atoms with Gasteiger partial charge in [0, 0.05) is 12.5 Å². The summed E-state index contributed by atoms with van der Waals surface area (Å²) in [4.78, 5) is 36.4. The summed E-state index contributed by atoms with van der Waals surface area (Å²) in [5.74, 6) is -1.45. The largest absolute Gasteiger partial charge is 0.480 e. The number of carboxylic acid groups (broad SMARTS) is 1. The van der Waals surface area contributed by atoms with Crippen LogP contribution in [-0.4, -0.2) is 42.3 Å². The molecule has 2 aliphatic rings. The summed E-state index contributed by atoms with van der Waals surface area (Å²) in [5, 5.41) is 14.5. The first kappa shape index (κ1) is 22.8. The third-order valence-electron chi connectivity index (χ3n) is 6.54. The fourth-order valence-corrected chi connectivity index (χ4v) is 4.52. The first-order valence-corrected chi connectivity index (χ1v) is 11.6. The number of hydrogen-bond donors (Lipinski definition) is 3. The minimum atomic E-state index is -1.06. The first-order valence-electron chi connectivity index (χ1n) is 11.6. The summed E-state index contributed by atoms with van der Waals surface area (Å²) in [6.45, 7) is 2.04. The second-order valence-corrected chi connectivity index (χ2v) is 8.89. The van der Waals surface area contributed by atoms with E-state index in [0.29, 0.717) is 18.8 Å². The normalized spacial score (nSPS) is 16.3. The number of hydrogen-bond acceptors (Lipinski definition) is 4. The lowest BCUT2D eigenvalue weighted by Gasteiger charge is -2.20. The van der Waals surface area contributed by atoms with E-state index in [0.717, 1.165) is 35.1 Å². The van der Waals surface area contributed by atoms with Crippen molar-refractivity contribution >= 4 is 18.0 Å². The number of nitrogens with one attached hydrogen (secondary N) is 2. The quantitative estimate of drug-likeness (QED) is 0.509. The molecule has 0 aliphatic heterocycles. The number of benzene rings is 2. The molecule has 0 aromatic heterocycles. The number of fused-ring (bicyclic) bond motifs is 3. The highest BCUT2D eigenvalue weighted by atomic mass is 16.5. The molecule has 0 radical (unpaired) electrons. The average Bonchev–Trinajstić information content (AvgIpc) is 3.59. The van der Waals surface area contributed by atoms with Crippen molar-refractivity contribution in [3.63, 3.8) is 0 Å². The monoisotopic (exact) mass is 450 g/mol. The molecule has 4 rings (SSSR count). The number of amides is 2. The molecule has 0 heterocycles. The Hall–Kier alpha value is -3.35. The first-order chi connectivity index (χ1) is 16.0. The van der Waals surface area contributed by atoms with Crippen LogP contribution in [0.25, 0.3) is 11.1 Å². The molecular weight excluding hydrogens is 420 g/mol. The van der Waals surface area contributed by atoms with Crippen molar-refractivity contribution in [3.05, 3.63) is 59.7 Å². The highest BCUT2D eigenvalue weighted by molar-refractivity contribution is 5.85. The topological polar surface area (TPSA) is 105 Å². The Morgan fingerprint density at radius 3 is 2.18 bits per heavy atom. The van der Waals surface area contributed by atoms with Gasteiger partial charge in [-0.05, 0) is 41.0 Å². The van der Waals surface area contributed by atoms with Crippen molar-refractivity contribution < 1.29 is 24.2 Å². The van der Waals surface area contributed by atoms with E-state index in [1.54, 1.807) is 6.92 Å². The number of carbonyl (C=O) groups is 3. The Kier molecular flexibility index (Phi) is 6.96. The van der Waals surface area contributed by atoms with Crippen LogP contribution in [0.2, 0.25) is 0 Å². The van der Waals surface area contributed by atoms with Crippen LogP contribution in [0, 0.1) is 11.8 Å². The molecule has 7 nitrogen and oxygen atoms in total. The zero-order valence-electron chi connectivity index (χ0n) is 18.8. The van der Waals surface area contributed by atoms with E-state index >= 15 is 0 Å². The predicted molar refractivity (Wildman–Crippen MR) is 124 cm³/mol. The van der Waals surface area contributed by atoms with Crippen LogP contribution in [0.1, 0.15) is 49.7 Å². The van der Waals surface area contributed by atoms with Crippen molar-refractivity contribution in [2.75, 3.05) is 13.2 Å². The SMILES string of the molecule is CC[C@@H](NC(=O)C(CNC(=O)OCC1c2ccccc2-c2ccccc21)CC1CC1)C(=O)O. The number of carbonyl (C=O) groups excluding carboxylic acids is 2. The number of carboxylic acids is 1. The molecule has 1 fully saturated rings. The van der Waals surface area contributed by atoms with E-state index in [2.05, 4.69) is 34.9 Å². The van der Waals surface area contributed by atoms with E-state index < -0.39 is 24.0 Å². The third kappa shape index (κ3) is 5.35. The molecule has 2 amide bonds. The molecule has 7 heteroatoms. The maximum Gasteiger partial charge on any atom is 0.407 e. The van der Waals surface area contributed by atoms with E-state index in [4.69, 9.17) is 4.74 Å². The molecule has 0 saturated heterocycles. The lowest BCUT2D eigenvalue weighted by Crippen LogP contribution is -2.46. The van der Waals surface area contributed by atoms with Crippen LogP contribution < -0.4 is 10.6 Å². The zero-order valence-corrected chi connectivity index (χ0v) is 18.8. The van der Waals surface area contributed by atoms with Gasteiger partial charge in [0.1, 0.15) is 12.6 Å². The summed E-state index contributed by atoms with van der Waals surface area (Å²) < 4.78 is 5.56. The van der Waals surface area contributed by atoms with Gasteiger partial charge in [-0.3, -0.25) is 4.79 Å². The fourth-order valence-electron chi connectivity index (χ4n) is 4.52. The fraction of sp³-hybridized carbons (Fsp3) is 0.423. The second kappa shape index (κ2) is 10.1. The Bertz CT molecular complexity index is 987. The smallest absolute Gasteiger partial charge is 0.407 e. The lowest BCUT2D eigenvalue weighted by molar-refractivity contribution is -0.142. The summed E-state index contributed by atoms with van der Waals surface area (Å²) >= 11 is 0. The average molecular weight is 451 g/mol. The minimum absolute atomic E-state index is 0.0328. The van der Waals surface area contributed by atoms with Gasteiger partial charge in [-0.1, -0.05) is 68.3 Å². The molecule has 0 bridgehead atoms. The van der Waals surface area contributed by atoms with Crippen molar-refractivity contribution in [2.45, 2.75) is 44.6 Å². The lowest BCUT2D eigenvalue weighted by atomic mass is 9.98. The van der Waals surface area contributed by atoms with Gasteiger partial charge in [0.25, 0.3) is 0 Å². The van der Waals surface area contributed by atoms with Crippen LogP contribution in [0.4, 0.5) is 4.79 Å². The standard InChI is InChI=1S/C26H30N2O5/c1-2-23(25(30)31)28-24(29)17(13-16-11-12-16)14-27-26(32)33-15-22-20-9-5-3-7-18(20)19-8-4-6-10-21(19)22/h3-10,16-17,22-23H,2,11-15H2,1H3,(H,27,32)(H,28,29)(H,30,31)/t17?,23-/m1/s1. The number of aliphatic carboxylic acids is 1. The van der Waals surface area contributed by atoms with Gasteiger partial charge in [-0.2, -0.15) is 0 Å². The molecule has 2 aromatic rings. The van der Waals surface area contributed by atoms with Gasteiger partial charge in [0.2, 0.25) is 5.91 Å². The van der Waals surface area contributed by atoms with Crippen LogP contribution in [0.15, 0.2) is 48.5 Å². The second-order valence-electron chi connectivity index (χ2n) is 8.89. The van der Waals surface area contributed by atoms with Crippen molar-refractivity contribution in [3.8, 4) is 11.1 Å². The maximum absolute atomic E-state index is 12.7. The van der Waals surface area contributed by atoms with Crippen molar-refractivity contribution in [1.82, 2.24) is 10.6 Å².